The lowest BCUT2D eigenvalue weighted by Gasteiger charge is -2.14. The first kappa shape index (κ1) is 12.3. The summed E-state index contributed by atoms with van der Waals surface area (Å²) in [5, 5.41) is 0. The zero-order valence-electron chi connectivity index (χ0n) is 11.5. The number of anilines is 1. The maximum Gasteiger partial charge on any atom is 0.294 e. The molecule has 3 heterocycles. The first-order valence-corrected chi connectivity index (χ1v) is 7.11. The summed E-state index contributed by atoms with van der Waals surface area (Å²) >= 11 is 0. The van der Waals surface area contributed by atoms with Crippen molar-refractivity contribution in [3.8, 4) is 0 Å². The summed E-state index contributed by atoms with van der Waals surface area (Å²) in [6, 6.07) is 0. The van der Waals surface area contributed by atoms with Gasteiger partial charge < -0.3 is 5.73 Å². The molecule has 1 aromatic heterocycles. The molecule has 21 heavy (non-hydrogen) atoms. The fourth-order valence-electron chi connectivity index (χ4n) is 3.21. The molecule has 2 aliphatic heterocycles. The predicted octanol–water partition coefficient (Wildman–Crippen LogP) is 0.308. The molecular weight excluding hydrogens is 270 g/mol. The van der Waals surface area contributed by atoms with Crippen LogP contribution in [0.4, 0.5) is 11.5 Å². The van der Waals surface area contributed by atoms with E-state index in [1.165, 1.54) is 6.08 Å². The fourth-order valence-corrected chi connectivity index (χ4v) is 3.21. The number of hydrogen-bond donors (Lipinski definition) is 1. The van der Waals surface area contributed by atoms with Gasteiger partial charge in [-0.3, -0.25) is 19.3 Å². The van der Waals surface area contributed by atoms with E-state index in [1.807, 2.05) is 0 Å². The number of aliphatic imine (C=N–C) groups is 2. The zero-order valence-corrected chi connectivity index (χ0v) is 11.5. The number of allylic oxidation sites excluding steroid dienone is 2. The van der Waals surface area contributed by atoms with Crippen molar-refractivity contribution in [3.63, 3.8) is 0 Å². The Bertz CT molecular complexity index is 793. The van der Waals surface area contributed by atoms with Gasteiger partial charge >= 0.3 is 0 Å². The number of nitrogens with two attached hydrogens (primary N) is 1. The average Bonchev–Trinajstić information content (AvgIpc) is 3.17. The zero-order chi connectivity index (χ0) is 14.6. The molecule has 0 spiro atoms. The van der Waals surface area contributed by atoms with E-state index in [2.05, 4.69) is 9.98 Å². The molecule has 3 aliphatic rings. The molecule has 0 bridgehead atoms. The molecule has 0 fully saturated rings. The van der Waals surface area contributed by atoms with Crippen molar-refractivity contribution in [2.24, 2.45) is 15.9 Å². The van der Waals surface area contributed by atoms with Crippen LogP contribution in [-0.2, 0) is 17.9 Å². The third-order valence-corrected chi connectivity index (χ3v) is 4.26. The van der Waals surface area contributed by atoms with Gasteiger partial charge in [-0.2, -0.15) is 0 Å². The highest BCUT2D eigenvalue weighted by molar-refractivity contribution is 6.53. The van der Waals surface area contributed by atoms with E-state index in [0.29, 0.717) is 30.3 Å². The third kappa shape index (κ3) is 1.66. The van der Waals surface area contributed by atoms with Crippen LogP contribution in [-0.4, -0.2) is 33.1 Å². The average molecular weight is 285 g/mol. The smallest absolute Gasteiger partial charge is 0.294 e. The minimum Gasteiger partial charge on any atom is -0.382 e. The van der Waals surface area contributed by atoms with Crippen molar-refractivity contribution in [2.45, 2.75) is 25.9 Å². The Hall–Kier alpha value is -2.44. The van der Waals surface area contributed by atoms with Gasteiger partial charge in [-0.1, -0.05) is 0 Å². The van der Waals surface area contributed by atoms with Crippen LogP contribution < -0.4 is 11.3 Å². The Balaban J connectivity index is 1.84. The predicted molar refractivity (Wildman–Crippen MR) is 79.4 cm³/mol. The van der Waals surface area contributed by atoms with Crippen LogP contribution in [0.25, 0.3) is 0 Å². The SMILES string of the molecule is Nc1c(N=C2C=CC(=O)C3CCN=C23)c(=O)n2n1CCC2. The van der Waals surface area contributed by atoms with Crippen LogP contribution in [0.15, 0.2) is 26.9 Å². The van der Waals surface area contributed by atoms with Crippen LogP contribution >= 0.6 is 0 Å². The van der Waals surface area contributed by atoms with E-state index in [4.69, 9.17) is 5.73 Å². The molecule has 0 saturated carbocycles. The number of nitrogen functional groups attached to an aromatic ring is 1. The van der Waals surface area contributed by atoms with Crippen molar-refractivity contribution in [3.05, 3.63) is 22.5 Å². The molecule has 4 rings (SSSR count). The van der Waals surface area contributed by atoms with Gasteiger partial charge in [0.25, 0.3) is 5.56 Å². The van der Waals surface area contributed by atoms with Gasteiger partial charge in [-0.15, -0.1) is 0 Å². The summed E-state index contributed by atoms with van der Waals surface area (Å²) in [6.07, 6.45) is 4.79. The van der Waals surface area contributed by atoms with Gasteiger partial charge in [-0.05, 0) is 25.0 Å². The van der Waals surface area contributed by atoms with E-state index in [-0.39, 0.29) is 22.9 Å². The van der Waals surface area contributed by atoms with Crippen LogP contribution in [0.5, 0.6) is 0 Å². The second-order valence-electron chi connectivity index (χ2n) is 5.48. The van der Waals surface area contributed by atoms with Gasteiger partial charge in [0.15, 0.2) is 17.3 Å². The van der Waals surface area contributed by atoms with Crippen LogP contribution in [0.1, 0.15) is 12.8 Å². The van der Waals surface area contributed by atoms with Crippen molar-refractivity contribution in [1.29, 1.82) is 0 Å². The number of ketones is 1. The van der Waals surface area contributed by atoms with Crippen molar-refractivity contribution >= 4 is 28.7 Å². The Morgan fingerprint density at radius 3 is 2.86 bits per heavy atom. The molecule has 7 heteroatoms. The maximum atomic E-state index is 12.3. The molecule has 1 aromatic rings. The maximum absolute atomic E-state index is 12.3. The molecule has 1 atom stereocenters. The van der Waals surface area contributed by atoms with Crippen molar-refractivity contribution in [1.82, 2.24) is 9.36 Å². The Morgan fingerprint density at radius 2 is 2.05 bits per heavy atom. The fraction of sp³-hybridized carbons (Fsp3) is 0.429. The van der Waals surface area contributed by atoms with Crippen LogP contribution in [0, 0.1) is 5.92 Å². The lowest BCUT2D eigenvalue weighted by atomic mass is 9.89. The van der Waals surface area contributed by atoms with Gasteiger partial charge in [0.1, 0.15) is 0 Å². The molecule has 7 nitrogen and oxygen atoms in total. The second-order valence-corrected chi connectivity index (χ2v) is 5.48. The van der Waals surface area contributed by atoms with Gasteiger partial charge in [0.2, 0.25) is 0 Å². The summed E-state index contributed by atoms with van der Waals surface area (Å²) in [4.78, 5) is 32.9. The van der Waals surface area contributed by atoms with Crippen LogP contribution in [0.3, 0.4) is 0 Å². The lowest BCUT2D eigenvalue weighted by molar-refractivity contribution is -0.116. The molecule has 1 aliphatic carbocycles. The van der Waals surface area contributed by atoms with E-state index in [1.54, 1.807) is 15.4 Å². The first-order chi connectivity index (χ1) is 10.2. The second kappa shape index (κ2) is 4.28. The van der Waals surface area contributed by atoms with E-state index >= 15 is 0 Å². The summed E-state index contributed by atoms with van der Waals surface area (Å²) in [5.74, 6) is 0.256. The van der Waals surface area contributed by atoms with E-state index < -0.39 is 0 Å². The molecule has 0 radical (unpaired) electrons. The minimum absolute atomic E-state index is 0.0641. The summed E-state index contributed by atoms with van der Waals surface area (Å²) in [6.45, 7) is 2.04. The highest BCUT2D eigenvalue weighted by Crippen LogP contribution is 2.26. The normalized spacial score (nSPS) is 25.3. The number of carbonyl (C=O) groups is 1. The first-order valence-electron chi connectivity index (χ1n) is 7.11. The highest BCUT2D eigenvalue weighted by Gasteiger charge is 2.33. The standard InChI is InChI=1S/C14H15N5O2/c15-13-12(14(21)19-7-1-6-18(13)19)17-9-2-3-10(20)8-4-5-16-11(8)9/h2-3,8H,1,4-7,15H2. The van der Waals surface area contributed by atoms with E-state index in [0.717, 1.165) is 19.4 Å². The van der Waals surface area contributed by atoms with Crippen molar-refractivity contribution in [2.75, 3.05) is 12.3 Å². The van der Waals surface area contributed by atoms with E-state index in [9.17, 15) is 9.59 Å². The molecule has 0 saturated heterocycles. The van der Waals surface area contributed by atoms with Gasteiger partial charge in [0.05, 0.1) is 17.3 Å². The van der Waals surface area contributed by atoms with Crippen molar-refractivity contribution < 1.29 is 4.79 Å². The monoisotopic (exact) mass is 285 g/mol. The minimum atomic E-state index is -0.202. The number of carbonyl (C=O) groups excluding carboxylic acids is 1. The summed E-state index contributed by atoms with van der Waals surface area (Å²) < 4.78 is 3.40. The third-order valence-electron chi connectivity index (χ3n) is 4.26. The Labute approximate surface area is 120 Å². The highest BCUT2D eigenvalue weighted by atomic mass is 16.1. The molecule has 0 amide bonds. The molecular formula is C14H15N5O2. The molecule has 0 aromatic carbocycles. The van der Waals surface area contributed by atoms with Gasteiger partial charge in [-0.25, -0.2) is 9.67 Å². The summed E-state index contributed by atoms with van der Waals surface area (Å²) in [5.41, 5.74) is 7.41. The van der Waals surface area contributed by atoms with Gasteiger partial charge in [0, 0.05) is 19.6 Å². The largest absolute Gasteiger partial charge is 0.382 e. The molecule has 1 unspecified atom stereocenters. The number of rotatable bonds is 1. The Kier molecular flexibility index (Phi) is 2.51. The summed E-state index contributed by atoms with van der Waals surface area (Å²) in [7, 11) is 0. The number of fused-ring (bicyclic) bond motifs is 2. The molecule has 2 N–H and O–H groups in total. The molecule has 108 valence electrons. The number of aromatic nitrogens is 2. The number of nitrogens with zero attached hydrogens (tertiary/aromatic N) is 4. The van der Waals surface area contributed by atoms with Crippen LogP contribution in [0.2, 0.25) is 0 Å². The topological polar surface area (TPSA) is 94.7 Å². The quantitative estimate of drug-likeness (QED) is 0.804. The lowest BCUT2D eigenvalue weighted by Crippen LogP contribution is -2.29. The Morgan fingerprint density at radius 1 is 1.24 bits per heavy atom. The number of hydrogen-bond acceptors (Lipinski definition) is 5.